The van der Waals surface area contributed by atoms with Gasteiger partial charge in [-0.15, -0.1) is 0 Å². The molecule has 98 valence electrons. The molecule has 0 amide bonds. The molecule has 2 aromatic carbocycles. The van der Waals surface area contributed by atoms with Crippen LogP contribution in [0.25, 0.3) is 0 Å². The lowest BCUT2D eigenvalue weighted by Crippen LogP contribution is -2.17. The van der Waals surface area contributed by atoms with Gasteiger partial charge in [-0.05, 0) is 66.8 Å². The van der Waals surface area contributed by atoms with Gasteiger partial charge in [0.15, 0.2) is 0 Å². The molecule has 0 saturated heterocycles. The molecular weight excluding hydrogens is 258 g/mol. The molecule has 0 bridgehead atoms. The number of phenolic OH excluding ortho intramolecular Hbond substituents is 1. The third kappa shape index (κ3) is 2.69. The minimum absolute atomic E-state index is 0.261. The normalized spacial score (nSPS) is 17.8. The third-order valence-corrected chi connectivity index (χ3v) is 3.88. The predicted octanol–water partition coefficient (Wildman–Crippen LogP) is 4.54. The summed E-state index contributed by atoms with van der Waals surface area (Å²) in [6.07, 6.45) is 3.34. The molecule has 3 heteroatoms. The fourth-order valence-corrected chi connectivity index (χ4v) is 2.81. The Balaban J connectivity index is 1.87. The second kappa shape index (κ2) is 5.14. The summed E-state index contributed by atoms with van der Waals surface area (Å²) < 4.78 is 0. The molecule has 0 spiro atoms. The maximum Gasteiger partial charge on any atom is 0.115 e. The summed E-state index contributed by atoms with van der Waals surface area (Å²) in [7, 11) is 0. The van der Waals surface area contributed by atoms with Crippen molar-refractivity contribution in [1.82, 2.24) is 0 Å². The second-order valence-electron chi connectivity index (χ2n) is 4.98. The van der Waals surface area contributed by atoms with E-state index >= 15 is 0 Å². The summed E-state index contributed by atoms with van der Waals surface area (Å²) in [6.45, 7) is 0. The maximum absolute atomic E-state index is 9.66. The van der Waals surface area contributed by atoms with Gasteiger partial charge in [-0.1, -0.05) is 17.7 Å². The van der Waals surface area contributed by atoms with Crippen molar-refractivity contribution in [3.05, 3.63) is 58.6 Å². The van der Waals surface area contributed by atoms with Crippen LogP contribution in [0.3, 0.4) is 0 Å². The van der Waals surface area contributed by atoms with Crippen molar-refractivity contribution in [2.75, 3.05) is 5.32 Å². The van der Waals surface area contributed by atoms with Gasteiger partial charge in [-0.3, -0.25) is 0 Å². The molecule has 1 aliphatic rings. The number of aromatic hydroxyl groups is 1. The Morgan fingerprint density at radius 2 is 1.89 bits per heavy atom. The highest BCUT2D eigenvalue weighted by molar-refractivity contribution is 6.30. The van der Waals surface area contributed by atoms with Crippen LogP contribution in [0, 0.1) is 0 Å². The molecule has 0 saturated carbocycles. The summed E-state index contributed by atoms with van der Waals surface area (Å²) in [6, 6.07) is 13.7. The lowest BCUT2D eigenvalue weighted by Gasteiger charge is -2.27. The first-order chi connectivity index (χ1) is 9.22. The first-order valence-corrected chi connectivity index (χ1v) is 6.94. The molecule has 3 rings (SSSR count). The number of hydrogen-bond acceptors (Lipinski definition) is 2. The Hall–Kier alpha value is -1.67. The summed E-state index contributed by atoms with van der Waals surface area (Å²) in [5, 5.41) is 13.9. The number of aryl methyl sites for hydroxylation is 1. The van der Waals surface area contributed by atoms with Gasteiger partial charge < -0.3 is 10.4 Å². The van der Waals surface area contributed by atoms with Crippen LogP contribution >= 0.6 is 11.6 Å². The van der Waals surface area contributed by atoms with E-state index in [1.54, 1.807) is 6.07 Å². The standard InChI is InChI=1S/C16H16ClNO/c17-12-5-7-13(8-6-12)18-16-3-1-2-11-4-9-14(19)10-15(11)16/h4-10,16,18-19H,1-3H2. The minimum Gasteiger partial charge on any atom is -0.508 e. The fourth-order valence-electron chi connectivity index (χ4n) is 2.68. The van der Waals surface area contributed by atoms with Crippen LogP contribution in [0.5, 0.6) is 5.75 Å². The highest BCUT2D eigenvalue weighted by Crippen LogP contribution is 2.34. The van der Waals surface area contributed by atoms with Gasteiger partial charge >= 0.3 is 0 Å². The Morgan fingerprint density at radius 1 is 1.11 bits per heavy atom. The molecule has 1 unspecified atom stereocenters. The molecule has 2 N–H and O–H groups in total. The topological polar surface area (TPSA) is 32.3 Å². The molecule has 0 heterocycles. The number of nitrogens with one attached hydrogen (secondary N) is 1. The molecular formula is C16H16ClNO. The first kappa shape index (κ1) is 12.4. The first-order valence-electron chi connectivity index (χ1n) is 6.56. The van der Waals surface area contributed by atoms with Crippen LogP contribution in [-0.2, 0) is 6.42 Å². The largest absolute Gasteiger partial charge is 0.508 e. The van der Waals surface area contributed by atoms with Crippen LogP contribution < -0.4 is 5.32 Å². The van der Waals surface area contributed by atoms with Gasteiger partial charge in [0.25, 0.3) is 0 Å². The van der Waals surface area contributed by atoms with Gasteiger partial charge in [0.2, 0.25) is 0 Å². The average molecular weight is 274 g/mol. The SMILES string of the molecule is Oc1ccc2c(c1)C(Nc1ccc(Cl)cc1)CCC2. The van der Waals surface area contributed by atoms with E-state index in [-0.39, 0.29) is 6.04 Å². The zero-order valence-corrected chi connectivity index (χ0v) is 11.3. The van der Waals surface area contributed by atoms with Crippen LogP contribution in [0.4, 0.5) is 5.69 Å². The molecule has 1 atom stereocenters. The van der Waals surface area contributed by atoms with E-state index in [0.29, 0.717) is 5.75 Å². The number of rotatable bonds is 2. The molecule has 0 aliphatic heterocycles. The third-order valence-electron chi connectivity index (χ3n) is 3.63. The number of fused-ring (bicyclic) bond motifs is 1. The fraction of sp³-hybridized carbons (Fsp3) is 0.250. The highest BCUT2D eigenvalue weighted by atomic mass is 35.5. The zero-order chi connectivity index (χ0) is 13.2. The van der Waals surface area contributed by atoms with Crippen molar-refractivity contribution in [2.45, 2.75) is 25.3 Å². The molecule has 19 heavy (non-hydrogen) atoms. The minimum atomic E-state index is 0.261. The number of halogens is 1. The van der Waals surface area contributed by atoms with E-state index in [9.17, 15) is 5.11 Å². The summed E-state index contributed by atoms with van der Waals surface area (Å²) in [5.41, 5.74) is 3.60. The summed E-state index contributed by atoms with van der Waals surface area (Å²) in [5.74, 6) is 0.337. The second-order valence-corrected chi connectivity index (χ2v) is 5.42. The van der Waals surface area contributed by atoms with Gasteiger partial charge in [-0.25, -0.2) is 0 Å². The summed E-state index contributed by atoms with van der Waals surface area (Å²) >= 11 is 5.90. The lowest BCUT2D eigenvalue weighted by atomic mass is 9.87. The Bertz CT molecular complexity index is 580. The number of phenols is 1. The Morgan fingerprint density at radius 3 is 2.68 bits per heavy atom. The van der Waals surface area contributed by atoms with Gasteiger partial charge in [0.1, 0.15) is 5.75 Å². The van der Waals surface area contributed by atoms with E-state index in [4.69, 9.17) is 11.6 Å². The number of hydrogen-bond donors (Lipinski definition) is 2. The van der Waals surface area contributed by atoms with Crippen LogP contribution in [-0.4, -0.2) is 5.11 Å². The van der Waals surface area contributed by atoms with Gasteiger partial charge in [-0.2, -0.15) is 0 Å². The number of anilines is 1. The van der Waals surface area contributed by atoms with Crippen molar-refractivity contribution >= 4 is 17.3 Å². The highest BCUT2D eigenvalue weighted by Gasteiger charge is 2.20. The molecule has 2 nitrogen and oxygen atoms in total. The van der Waals surface area contributed by atoms with Crippen molar-refractivity contribution in [3.63, 3.8) is 0 Å². The van der Waals surface area contributed by atoms with Crippen molar-refractivity contribution in [1.29, 1.82) is 0 Å². The number of benzene rings is 2. The van der Waals surface area contributed by atoms with E-state index in [1.165, 1.54) is 17.5 Å². The molecule has 2 aromatic rings. The summed E-state index contributed by atoms with van der Waals surface area (Å²) in [4.78, 5) is 0. The van der Waals surface area contributed by atoms with Crippen molar-refractivity contribution < 1.29 is 5.11 Å². The molecule has 0 radical (unpaired) electrons. The quantitative estimate of drug-likeness (QED) is 0.842. The van der Waals surface area contributed by atoms with Crippen molar-refractivity contribution in [2.24, 2.45) is 0 Å². The van der Waals surface area contributed by atoms with Crippen LogP contribution in [0.2, 0.25) is 5.02 Å². The van der Waals surface area contributed by atoms with E-state index in [2.05, 4.69) is 5.32 Å². The van der Waals surface area contributed by atoms with E-state index < -0.39 is 0 Å². The molecule has 0 fully saturated rings. The van der Waals surface area contributed by atoms with Crippen LogP contribution in [0.1, 0.15) is 30.0 Å². The van der Waals surface area contributed by atoms with Crippen LogP contribution in [0.15, 0.2) is 42.5 Å². The monoisotopic (exact) mass is 273 g/mol. The van der Waals surface area contributed by atoms with E-state index in [0.717, 1.165) is 23.6 Å². The zero-order valence-electron chi connectivity index (χ0n) is 10.6. The van der Waals surface area contributed by atoms with Crippen molar-refractivity contribution in [3.8, 4) is 5.75 Å². The smallest absolute Gasteiger partial charge is 0.115 e. The van der Waals surface area contributed by atoms with Gasteiger partial charge in [0.05, 0.1) is 6.04 Å². The predicted molar refractivity (Wildman–Crippen MR) is 78.9 cm³/mol. The Kier molecular flexibility index (Phi) is 3.34. The molecule has 1 aliphatic carbocycles. The maximum atomic E-state index is 9.66. The Labute approximate surface area is 118 Å². The molecule has 0 aromatic heterocycles. The average Bonchev–Trinajstić information content (AvgIpc) is 2.42. The van der Waals surface area contributed by atoms with Gasteiger partial charge in [0, 0.05) is 10.7 Å². The lowest BCUT2D eigenvalue weighted by molar-refractivity contribution is 0.471. The van der Waals surface area contributed by atoms with E-state index in [1.807, 2.05) is 36.4 Å².